The average molecular weight is 293 g/mol. The second-order valence-electron chi connectivity index (χ2n) is 4.38. The molecule has 1 unspecified atom stereocenters. The van der Waals surface area contributed by atoms with Gasteiger partial charge < -0.3 is 10.1 Å². The Labute approximate surface area is 124 Å². The first-order chi connectivity index (χ1) is 9.45. The Balaban J connectivity index is 3.15. The monoisotopic (exact) mass is 293 g/mol. The minimum atomic E-state index is -0.670. The van der Waals surface area contributed by atoms with Crippen LogP contribution >= 0.6 is 12.6 Å². The van der Waals surface area contributed by atoms with Crippen LogP contribution in [0.4, 0.5) is 0 Å². The van der Waals surface area contributed by atoms with Gasteiger partial charge in [-0.3, -0.25) is 4.79 Å². The number of thiol groups is 1. The third-order valence-corrected chi connectivity index (χ3v) is 2.78. The zero-order chi connectivity index (χ0) is 15.1. The summed E-state index contributed by atoms with van der Waals surface area (Å²) in [5.41, 5.74) is 2.10. The van der Waals surface area contributed by atoms with E-state index in [0.29, 0.717) is 17.9 Å². The molecule has 0 radical (unpaired) electrons. The number of hydrogen-bond donors (Lipinski definition) is 2. The van der Waals surface area contributed by atoms with Crippen LogP contribution in [0.25, 0.3) is 0 Å². The van der Waals surface area contributed by atoms with Gasteiger partial charge in [0.1, 0.15) is 0 Å². The first kappa shape index (κ1) is 16.3. The van der Waals surface area contributed by atoms with E-state index >= 15 is 0 Å². The van der Waals surface area contributed by atoms with Crippen LogP contribution in [0.5, 0.6) is 0 Å². The minimum absolute atomic E-state index is 0.160. The summed E-state index contributed by atoms with van der Waals surface area (Å²) in [7, 11) is 0. The topological polar surface area (TPSA) is 55.4 Å². The summed E-state index contributed by atoms with van der Waals surface area (Å²) >= 11 is 3.80. The Morgan fingerprint density at radius 2 is 2.05 bits per heavy atom. The van der Waals surface area contributed by atoms with Gasteiger partial charge in [0.05, 0.1) is 6.61 Å². The summed E-state index contributed by atoms with van der Waals surface area (Å²) in [6.07, 6.45) is 0.160. The number of carbonyl (C=O) groups is 2. The molecule has 1 rings (SSSR count). The predicted octanol–water partition coefficient (Wildman–Crippen LogP) is 2.41. The molecule has 1 N–H and O–H groups in total. The summed E-state index contributed by atoms with van der Waals surface area (Å²) in [6.45, 7) is 7.56. The molecule has 1 aromatic rings. The maximum absolute atomic E-state index is 12.1. The van der Waals surface area contributed by atoms with Crippen molar-refractivity contribution >= 4 is 23.7 Å². The van der Waals surface area contributed by atoms with E-state index in [4.69, 9.17) is 4.74 Å². The van der Waals surface area contributed by atoms with Gasteiger partial charge in [0.2, 0.25) is 0 Å². The minimum Gasteiger partial charge on any atom is -0.464 e. The van der Waals surface area contributed by atoms with Gasteiger partial charge in [-0.05, 0) is 25.0 Å². The molecule has 0 saturated heterocycles. The van der Waals surface area contributed by atoms with E-state index in [1.54, 1.807) is 26.0 Å². The van der Waals surface area contributed by atoms with Crippen molar-refractivity contribution in [3.05, 3.63) is 47.7 Å². The lowest BCUT2D eigenvalue weighted by molar-refractivity contribution is -0.145. The Kier molecular flexibility index (Phi) is 6.31. The van der Waals surface area contributed by atoms with Gasteiger partial charge in [0.25, 0.3) is 0 Å². The van der Waals surface area contributed by atoms with E-state index in [-0.39, 0.29) is 11.5 Å². The van der Waals surface area contributed by atoms with Crippen molar-refractivity contribution in [3.63, 3.8) is 0 Å². The molecule has 0 fully saturated rings. The van der Waals surface area contributed by atoms with E-state index in [1.165, 1.54) is 0 Å². The fourth-order valence-electron chi connectivity index (χ4n) is 1.88. The summed E-state index contributed by atoms with van der Waals surface area (Å²) in [5.74, 6) is -0.394. The largest absolute Gasteiger partial charge is 0.464 e. The number of esters is 1. The predicted molar refractivity (Wildman–Crippen MR) is 81.5 cm³/mol. The molecule has 0 aromatic heterocycles. The van der Waals surface area contributed by atoms with Crippen LogP contribution in [-0.4, -0.2) is 17.7 Å². The molecule has 0 amide bonds. The third kappa shape index (κ3) is 4.74. The SMILES string of the molecule is C=C(C)NC(C(=O)OCC)c1ccccc1CC(=O)S. The molecule has 4 nitrogen and oxygen atoms in total. The summed E-state index contributed by atoms with van der Waals surface area (Å²) in [5, 5.41) is 2.73. The van der Waals surface area contributed by atoms with Gasteiger partial charge in [-0.15, -0.1) is 12.6 Å². The van der Waals surface area contributed by atoms with Gasteiger partial charge in [-0.2, -0.15) is 0 Å². The van der Waals surface area contributed by atoms with E-state index in [0.717, 1.165) is 5.56 Å². The Morgan fingerprint density at radius 3 is 2.60 bits per heavy atom. The molecule has 0 spiro atoms. The van der Waals surface area contributed by atoms with Crippen molar-refractivity contribution in [3.8, 4) is 0 Å². The summed E-state index contributed by atoms with van der Waals surface area (Å²) < 4.78 is 5.07. The molecule has 1 atom stereocenters. The highest BCUT2D eigenvalue weighted by Crippen LogP contribution is 2.21. The number of carbonyl (C=O) groups excluding carboxylic acids is 2. The molecular weight excluding hydrogens is 274 g/mol. The number of ether oxygens (including phenoxy) is 1. The standard InChI is InChI=1S/C15H19NO3S/c1-4-19-15(18)14(16-10(2)3)12-8-6-5-7-11(12)9-13(17)20/h5-8,14,16H,2,4,9H2,1,3H3,(H,17,20). The van der Waals surface area contributed by atoms with Crippen LogP contribution in [0.2, 0.25) is 0 Å². The van der Waals surface area contributed by atoms with E-state index in [1.807, 2.05) is 12.1 Å². The van der Waals surface area contributed by atoms with Gasteiger partial charge in [0, 0.05) is 12.1 Å². The second kappa shape index (κ2) is 7.75. The summed E-state index contributed by atoms with van der Waals surface area (Å²) in [6, 6.07) is 6.56. The van der Waals surface area contributed by atoms with Crippen LogP contribution in [0.3, 0.4) is 0 Å². The van der Waals surface area contributed by atoms with Crippen molar-refractivity contribution < 1.29 is 14.3 Å². The van der Waals surface area contributed by atoms with Gasteiger partial charge in [-0.25, -0.2) is 4.79 Å². The molecule has 0 aliphatic heterocycles. The normalized spacial score (nSPS) is 11.6. The molecule has 0 saturated carbocycles. The first-order valence-corrected chi connectivity index (χ1v) is 6.78. The van der Waals surface area contributed by atoms with Crippen molar-refractivity contribution in [1.29, 1.82) is 0 Å². The fraction of sp³-hybridized carbons (Fsp3) is 0.333. The van der Waals surface area contributed by atoms with Crippen LogP contribution in [-0.2, 0) is 20.7 Å². The fourth-order valence-corrected chi connectivity index (χ4v) is 2.05. The van der Waals surface area contributed by atoms with Crippen LogP contribution in [0, 0.1) is 0 Å². The van der Waals surface area contributed by atoms with Gasteiger partial charge in [-0.1, -0.05) is 30.8 Å². The highest BCUT2D eigenvalue weighted by Gasteiger charge is 2.24. The molecule has 0 aliphatic carbocycles. The van der Waals surface area contributed by atoms with E-state index in [2.05, 4.69) is 24.5 Å². The van der Waals surface area contributed by atoms with E-state index < -0.39 is 12.0 Å². The maximum Gasteiger partial charge on any atom is 0.333 e. The van der Waals surface area contributed by atoms with Crippen LogP contribution < -0.4 is 5.32 Å². The van der Waals surface area contributed by atoms with Gasteiger partial charge in [0.15, 0.2) is 11.2 Å². The maximum atomic E-state index is 12.1. The Morgan fingerprint density at radius 1 is 1.40 bits per heavy atom. The quantitative estimate of drug-likeness (QED) is 0.599. The smallest absolute Gasteiger partial charge is 0.333 e. The van der Waals surface area contributed by atoms with Crippen molar-refractivity contribution in [2.75, 3.05) is 6.61 Å². The molecule has 5 heteroatoms. The summed E-state index contributed by atoms with van der Waals surface area (Å²) in [4.78, 5) is 23.3. The van der Waals surface area contributed by atoms with Crippen molar-refractivity contribution in [2.24, 2.45) is 0 Å². The number of hydrogen-bond acceptors (Lipinski definition) is 4. The second-order valence-corrected chi connectivity index (χ2v) is 4.88. The molecule has 108 valence electrons. The Bertz CT molecular complexity index is 514. The molecule has 1 aromatic carbocycles. The first-order valence-electron chi connectivity index (χ1n) is 6.34. The van der Waals surface area contributed by atoms with Gasteiger partial charge >= 0.3 is 5.97 Å². The van der Waals surface area contributed by atoms with Crippen LogP contribution in [0.1, 0.15) is 31.0 Å². The Hall–Kier alpha value is -1.75. The highest BCUT2D eigenvalue weighted by atomic mass is 32.1. The number of nitrogens with one attached hydrogen (secondary N) is 1. The lowest BCUT2D eigenvalue weighted by Crippen LogP contribution is -2.30. The molecule has 0 heterocycles. The number of rotatable bonds is 7. The average Bonchev–Trinajstić information content (AvgIpc) is 2.36. The third-order valence-electron chi connectivity index (χ3n) is 2.62. The zero-order valence-electron chi connectivity index (χ0n) is 11.7. The molecule has 20 heavy (non-hydrogen) atoms. The molecule has 0 aliphatic rings. The number of benzene rings is 1. The zero-order valence-corrected chi connectivity index (χ0v) is 12.6. The van der Waals surface area contributed by atoms with Crippen molar-refractivity contribution in [1.82, 2.24) is 5.32 Å². The molecule has 0 bridgehead atoms. The lowest BCUT2D eigenvalue weighted by atomic mass is 9.98. The number of allylic oxidation sites excluding steroid dienone is 1. The highest BCUT2D eigenvalue weighted by molar-refractivity contribution is 7.96. The lowest BCUT2D eigenvalue weighted by Gasteiger charge is -2.21. The van der Waals surface area contributed by atoms with Crippen LogP contribution in [0.15, 0.2) is 36.5 Å². The van der Waals surface area contributed by atoms with Crippen molar-refractivity contribution in [2.45, 2.75) is 26.3 Å². The molecular formula is C15H19NO3S. The van der Waals surface area contributed by atoms with E-state index in [9.17, 15) is 9.59 Å².